The lowest BCUT2D eigenvalue weighted by atomic mass is 10.1. The van der Waals surface area contributed by atoms with E-state index in [0.717, 1.165) is 17.3 Å². The van der Waals surface area contributed by atoms with Crippen LogP contribution in [0.25, 0.3) is 10.9 Å². The van der Waals surface area contributed by atoms with Gasteiger partial charge in [0.2, 0.25) is 0 Å². The fourth-order valence-electron chi connectivity index (χ4n) is 2.23. The van der Waals surface area contributed by atoms with Crippen LogP contribution < -0.4 is 16.2 Å². The van der Waals surface area contributed by atoms with E-state index in [0.29, 0.717) is 31.0 Å². The van der Waals surface area contributed by atoms with Crippen molar-refractivity contribution in [2.24, 2.45) is 5.92 Å². The molecule has 0 atom stereocenters. The third-order valence-electron chi connectivity index (χ3n) is 3.52. The van der Waals surface area contributed by atoms with Crippen LogP contribution in [0.1, 0.15) is 25.8 Å². The third kappa shape index (κ3) is 4.62. The maximum atomic E-state index is 12.0. The maximum Gasteiger partial charge on any atom is 0.314 e. The molecule has 2 rings (SSSR count). The van der Waals surface area contributed by atoms with Gasteiger partial charge >= 0.3 is 6.03 Å². The monoisotopic (exact) mass is 301 g/mol. The summed E-state index contributed by atoms with van der Waals surface area (Å²) >= 11 is 0. The summed E-state index contributed by atoms with van der Waals surface area (Å²) in [5.74, 6) is 0.566. The van der Waals surface area contributed by atoms with Crippen molar-refractivity contribution in [3.8, 4) is 0 Å². The molecular weight excluding hydrogens is 278 g/mol. The molecule has 0 spiro atoms. The molecule has 0 aliphatic rings. The second kappa shape index (κ2) is 7.64. The summed E-state index contributed by atoms with van der Waals surface area (Å²) < 4.78 is 0. The number of hydrogen-bond acceptors (Lipinski definition) is 2. The highest BCUT2D eigenvalue weighted by atomic mass is 16.2. The maximum absolute atomic E-state index is 12.0. The number of hydrogen-bond donors (Lipinski definition) is 3. The topological polar surface area (TPSA) is 74.0 Å². The van der Waals surface area contributed by atoms with E-state index in [1.807, 2.05) is 30.3 Å². The van der Waals surface area contributed by atoms with Crippen molar-refractivity contribution in [2.75, 3.05) is 13.1 Å². The Hall–Kier alpha value is -2.30. The van der Waals surface area contributed by atoms with E-state index >= 15 is 0 Å². The van der Waals surface area contributed by atoms with Crippen LogP contribution in [-0.2, 0) is 6.42 Å². The fourth-order valence-corrected chi connectivity index (χ4v) is 2.23. The Labute approximate surface area is 130 Å². The number of pyridine rings is 1. The molecule has 0 saturated carbocycles. The summed E-state index contributed by atoms with van der Waals surface area (Å²) in [6.07, 6.45) is 1.47. The lowest BCUT2D eigenvalue weighted by Crippen LogP contribution is -2.37. The molecule has 0 saturated heterocycles. The van der Waals surface area contributed by atoms with Crippen molar-refractivity contribution in [1.29, 1.82) is 0 Å². The molecule has 2 aromatic rings. The molecule has 0 fully saturated rings. The van der Waals surface area contributed by atoms with Gasteiger partial charge in [-0.05, 0) is 36.3 Å². The first kappa shape index (κ1) is 16.1. The Balaban J connectivity index is 1.85. The highest BCUT2D eigenvalue weighted by Crippen LogP contribution is 2.10. The number of rotatable bonds is 6. The smallest absolute Gasteiger partial charge is 0.314 e. The average Bonchev–Trinajstić information content (AvgIpc) is 2.47. The summed E-state index contributed by atoms with van der Waals surface area (Å²) in [6.45, 7) is 5.34. The highest BCUT2D eigenvalue weighted by Gasteiger charge is 2.04. The average molecular weight is 301 g/mol. The number of benzene rings is 1. The van der Waals surface area contributed by atoms with E-state index < -0.39 is 0 Å². The molecule has 22 heavy (non-hydrogen) atoms. The van der Waals surface area contributed by atoms with E-state index in [1.165, 1.54) is 0 Å². The van der Waals surface area contributed by atoms with Crippen LogP contribution in [0.4, 0.5) is 4.79 Å². The Morgan fingerprint density at radius 2 is 1.91 bits per heavy atom. The number of aromatic amines is 1. The van der Waals surface area contributed by atoms with Gasteiger partial charge in [-0.1, -0.05) is 32.0 Å². The van der Waals surface area contributed by atoms with Crippen molar-refractivity contribution < 1.29 is 4.79 Å². The summed E-state index contributed by atoms with van der Waals surface area (Å²) in [5.41, 5.74) is 1.41. The standard InChI is InChI=1S/C17H23N3O2/c1-12(2)7-9-18-17(22)19-10-8-14-11-13-5-3-4-6-15(13)20-16(14)21/h3-6,11-12H,7-10H2,1-2H3,(H,20,21)(H2,18,19,22). The molecule has 0 aliphatic carbocycles. The van der Waals surface area contributed by atoms with Crippen LogP contribution in [-0.4, -0.2) is 24.1 Å². The molecule has 0 radical (unpaired) electrons. The first-order valence-electron chi connectivity index (χ1n) is 7.69. The van der Waals surface area contributed by atoms with E-state index in [4.69, 9.17) is 0 Å². The Bertz CT molecular complexity index is 692. The predicted octanol–water partition coefficient (Wildman–Crippen LogP) is 2.42. The molecule has 5 heteroatoms. The van der Waals surface area contributed by atoms with Crippen molar-refractivity contribution in [3.05, 3.63) is 46.2 Å². The van der Waals surface area contributed by atoms with Crippen molar-refractivity contribution >= 4 is 16.9 Å². The summed E-state index contributed by atoms with van der Waals surface area (Å²) in [6, 6.07) is 9.36. The Morgan fingerprint density at radius 1 is 1.18 bits per heavy atom. The van der Waals surface area contributed by atoms with Gasteiger partial charge in [-0.25, -0.2) is 4.79 Å². The Morgan fingerprint density at radius 3 is 2.68 bits per heavy atom. The molecule has 0 unspecified atom stereocenters. The van der Waals surface area contributed by atoms with Gasteiger partial charge < -0.3 is 15.6 Å². The quantitative estimate of drug-likeness (QED) is 0.766. The van der Waals surface area contributed by atoms with Crippen LogP contribution >= 0.6 is 0 Å². The predicted molar refractivity (Wildman–Crippen MR) is 89.1 cm³/mol. The number of H-pyrrole nitrogens is 1. The minimum absolute atomic E-state index is 0.0966. The first-order valence-corrected chi connectivity index (χ1v) is 7.69. The molecule has 1 aromatic carbocycles. The molecule has 1 aromatic heterocycles. The number of amides is 2. The number of fused-ring (bicyclic) bond motifs is 1. The molecule has 0 aliphatic heterocycles. The molecule has 5 nitrogen and oxygen atoms in total. The molecule has 3 N–H and O–H groups in total. The Kier molecular flexibility index (Phi) is 5.58. The van der Waals surface area contributed by atoms with Gasteiger partial charge in [-0.2, -0.15) is 0 Å². The van der Waals surface area contributed by atoms with E-state index in [2.05, 4.69) is 29.5 Å². The summed E-state index contributed by atoms with van der Waals surface area (Å²) in [7, 11) is 0. The normalized spacial score (nSPS) is 10.9. The minimum Gasteiger partial charge on any atom is -0.338 e. The molecule has 2 amide bonds. The zero-order valence-electron chi connectivity index (χ0n) is 13.1. The third-order valence-corrected chi connectivity index (χ3v) is 3.52. The number of carbonyl (C=O) groups is 1. The SMILES string of the molecule is CC(C)CCNC(=O)NCCc1cc2ccccc2[nH]c1=O. The largest absolute Gasteiger partial charge is 0.338 e. The van der Waals surface area contributed by atoms with Gasteiger partial charge in [0.05, 0.1) is 0 Å². The number of carbonyl (C=O) groups excluding carboxylic acids is 1. The van der Waals surface area contributed by atoms with Crippen molar-refractivity contribution in [1.82, 2.24) is 15.6 Å². The highest BCUT2D eigenvalue weighted by molar-refractivity contribution is 5.78. The van der Waals surface area contributed by atoms with Gasteiger partial charge in [-0.15, -0.1) is 0 Å². The van der Waals surface area contributed by atoms with Crippen LogP contribution in [0.2, 0.25) is 0 Å². The van der Waals surface area contributed by atoms with E-state index in [9.17, 15) is 9.59 Å². The molecule has 118 valence electrons. The van der Waals surface area contributed by atoms with Gasteiger partial charge in [0.15, 0.2) is 0 Å². The van der Waals surface area contributed by atoms with Gasteiger partial charge in [0.1, 0.15) is 0 Å². The van der Waals surface area contributed by atoms with Crippen LogP contribution in [0.5, 0.6) is 0 Å². The zero-order chi connectivity index (χ0) is 15.9. The van der Waals surface area contributed by atoms with Crippen molar-refractivity contribution in [2.45, 2.75) is 26.7 Å². The van der Waals surface area contributed by atoms with Crippen molar-refractivity contribution in [3.63, 3.8) is 0 Å². The first-order chi connectivity index (χ1) is 10.6. The lowest BCUT2D eigenvalue weighted by molar-refractivity contribution is 0.240. The van der Waals surface area contributed by atoms with Gasteiger partial charge in [0.25, 0.3) is 5.56 Å². The second-order valence-electron chi connectivity index (χ2n) is 5.83. The number of nitrogens with one attached hydrogen (secondary N) is 3. The number of para-hydroxylation sites is 1. The van der Waals surface area contributed by atoms with Crippen LogP contribution in [0.3, 0.4) is 0 Å². The van der Waals surface area contributed by atoms with Gasteiger partial charge in [0, 0.05) is 24.2 Å². The summed E-state index contributed by atoms with van der Waals surface area (Å²) in [5, 5.41) is 6.58. The molecular formula is C17H23N3O2. The molecule has 1 heterocycles. The van der Waals surface area contributed by atoms with E-state index in [-0.39, 0.29) is 11.6 Å². The minimum atomic E-state index is -0.183. The second-order valence-corrected chi connectivity index (χ2v) is 5.83. The van der Waals surface area contributed by atoms with E-state index in [1.54, 1.807) is 0 Å². The number of urea groups is 1. The van der Waals surface area contributed by atoms with Gasteiger partial charge in [-0.3, -0.25) is 4.79 Å². The molecule has 0 bridgehead atoms. The van der Waals surface area contributed by atoms with Crippen LogP contribution in [0.15, 0.2) is 35.1 Å². The number of aromatic nitrogens is 1. The summed E-state index contributed by atoms with van der Waals surface area (Å²) in [4.78, 5) is 26.4. The van der Waals surface area contributed by atoms with Crippen LogP contribution in [0, 0.1) is 5.92 Å². The zero-order valence-corrected chi connectivity index (χ0v) is 13.1. The fraction of sp³-hybridized carbons (Fsp3) is 0.412. The lowest BCUT2D eigenvalue weighted by Gasteiger charge is -2.09.